The highest BCUT2D eigenvalue weighted by molar-refractivity contribution is 7.09. The highest BCUT2D eigenvalue weighted by Crippen LogP contribution is 2.34. The summed E-state index contributed by atoms with van der Waals surface area (Å²) in [6.45, 7) is 2.95. The zero-order valence-electron chi connectivity index (χ0n) is 14.0. The van der Waals surface area contributed by atoms with E-state index in [0.29, 0.717) is 18.8 Å². The Hall–Kier alpha value is -2.41. The summed E-state index contributed by atoms with van der Waals surface area (Å²) in [5.41, 5.74) is 1.25. The molecule has 0 aliphatic carbocycles. The standard InChI is InChI=1S/C18H20N2O4S/c1-2-23-17(21)14-12-25-16(19-14)15-9-6-10-20(15)18(22)24-11-13-7-4-3-5-8-13/h3-5,7-8,12,15H,2,6,9-11H2,1H3. The SMILES string of the molecule is CCOC(=O)c1csc(C2CCCN2C(=O)OCc2ccccc2)n1. The third-order valence-corrected chi connectivity index (χ3v) is 4.93. The average molecular weight is 360 g/mol. The predicted molar refractivity (Wildman–Crippen MR) is 93.4 cm³/mol. The Bertz CT molecular complexity index is 732. The molecular formula is C18H20N2O4S. The van der Waals surface area contributed by atoms with Gasteiger partial charge in [0.15, 0.2) is 5.69 Å². The Morgan fingerprint density at radius 1 is 1.28 bits per heavy atom. The Labute approximate surface area is 150 Å². The van der Waals surface area contributed by atoms with Gasteiger partial charge in [0.05, 0.1) is 12.6 Å². The van der Waals surface area contributed by atoms with Crippen LogP contribution in [0.15, 0.2) is 35.7 Å². The first-order valence-corrected chi connectivity index (χ1v) is 9.17. The van der Waals surface area contributed by atoms with E-state index < -0.39 is 5.97 Å². The lowest BCUT2D eigenvalue weighted by Gasteiger charge is -2.22. The van der Waals surface area contributed by atoms with E-state index in [1.54, 1.807) is 17.2 Å². The van der Waals surface area contributed by atoms with Crippen LogP contribution < -0.4 is 0 Å². The predicted octanol–water partition coefficient (Wildman–Crippen LogP) is 3.79. The number of aromatic nitrogens is 1. The number of rotatable bonds is 5. The molecule has 1 aromatic heterocycles. The minimum atomic E-state index is -0.429. The van der Waals surface area contributed by atoms with Gasteiger partial charge < -0.3 is 9.47 Å². The number of carbonyl (C=O) groups is 2. The smallest absolute Gasteiger partial charge is 0.410 e. The van der Waals surface area contributed by atoms with E-state index in [0.717, 1.165) is 23.4 Å². The van der Waals surface area contributed by atoms with Crippen molar-refractivity contribution in [2.75, 3.05) is 13.2 Å². The quantitative estimate of drug-likeness (QED) is 0.759. The number of hydrogen-bond acceptors (Lipinski definition) is 6. The number of likely N-dealkylation sites (tertiary alicyclic amines) is 1. The van der Waals surface area contributed by atoms with Crippen LogP contribution in [0, 0.1) is 0 Å². The minimum Gasteiger partial charge on any atom is -0.461 e. The summed E-state index contributed by atoms with van der Waals surface area (Å²) in [4.78, 5) is 30.2. The van der Waals surface area contributed by atoms with Crippen molar-refractivity contribution in [1.82, 2.24) is 9.88 Å². The van der Waals surface area contributed by atoms with Crippen LogP contribution in [0.3, 0.4) is 0 Å². The first-order valence-electron chi connectivity index (χ1n) is 8.29. The second-order valence-corrected chi connectivity index (χ2v) is 6.57. The summed E-state index contributed by atoms with van der Waals surface area (Å²) in [7, 11) is 0. The van der Waals surface area contributed by atoms with Crippen molar-refractivity contribution in [3.05, 3.63) is 52.0 Å². The van der Waals surface area contributed by atoms with Gasteiger partial charge in [-0.1, -0.05) is 30.3 Å². The number of amides is 1. The molecule has 25 heavy (non-hydrogen) atoms. The molecule has 1 atom stereocenters. The summed E-state index contributed by atoms with van der Waals surface area (Å²) in [6, 6.07) is 9.44. The fourth-order valence-electron chi connectivity index (χ4n) is 2.78. The zero-order valence-corrected chi connectivity index (χ0v) is 14.8. The third kappa shape index (κ3) is 4.17. The normalized spacial score (nSPS) is 16.7. The van der Waals surface area contributed by atoms with E-state index in [4.69, 9.17) is 9.47 Å². The molecule has 0 saturated carbocycles. The van der Waals surface area contributed by atoms with Gasteiger partial charge in [-0.15, -0.1) is 11.3 Å². The van der Waals surface area contributed by atoms with Crippen molar-refractivity contribution in [2.24, 2.45) is 0 Å². The third-order valence-electron chi connectivity index (χ3n) is 3.98. The first kappa shape index (κ1) is 17.4. The summed E-state index contributed by atoms with van der Waals surface area (Å²) in [5.74, 6) is -0.429. The zero-order chi connectivity index (χ0) is 17.6. The molecule has 0 spiro atoms. The molecule has 0 radical (unpaired) electrons. The molecule has 1 unspecified atom stereocenters. The molecule has 1 amide bonds. The molecule has 7 heteroatoms. The second-order valence-electron chi connectivity index (χ2n) is 5.68. The van der Waals surface area contributed by atoms with Crippen molar-refractivity contribution in [1.29, 1.82) is 0 Å². The molecule has 1 aliphatic heterocycles. The molecule has 132 valence electrons. The summed E-state index contributed by atoms with van der Waals surface area (Å²) >= 11 is 1.38. The van der Waals surface area contributed by atoms with Crippen LogP contribution in [0.2, 0.25) is 0 Å². The van der Waals surface area contributed by atoms with Crippen molar-refractivity contribution < 1.29 is 19.1 Å². The summed E-state index contributed by atoms with van der Waals surface area (Å²) in [6.07, 6.45) is 1.36. The number of ether oxygens (including phenoxy) is 2. The average Bonchev–Trinajstić information content (AvgIpc) is 3.29. The van der Waals surface area contributed by atoms with E-state index >= 15 is 0 Å². The molecule has 1 saturated heterocycles. The molecule has 0 N–H and O–H groups in total. The molecule has 3 rings (SSSR count). The van der Waals surface area contributed by atoms with Crippen molar-refractivity contribution >= 4 is 23.4 Å². The fraction of sp³-hybridized carbons (Fsp3) is 0.389. The lowest BCUT2D eigenvalue weighted by Crippen LogP contribution is -2.31. The van der Waals surface area contributed by atoms with Gasteiger partial charge in [0, 0.05) is 11.9 Å². The van der Waals surface area contributed by atoms with Gasteiger partial charge in [0.25, 0.3) is 0 Å². The largest absolute Gasteiger partial charge is 0.461 e. The molecule has 2 heterocycles. The van der Waals surface area contributed by atoms with Crippen molar-refractivity contribution in [2.45, 2.75) is 32.4 Å². The number of esters is 1. The van der Waals surface area contributed by atoms with Gasteiger partial charge in [0.1, 0.15) is 11.6 Å². The monoisotopic (exact) mass is 360 g/mol. The Morgan fingerprint density at radius 2 is 2.08 bits per heavy atom. The number of hydrogen-bond donors (Lipinski definition) is 0. The van der Waals surface area contributed by atoms with E-state index in [1.165, 1.54) is 11.3 Å². The van der Waals surface area contributed by atoms with E-state index in [1.807, 2.05) is 30.3 Å². The van der Waals surface area contributed by atoms with Gasteiger partial charge >= 0.3 is 12.1 Å². The van der Waals surface area contributed by atoms with Crippen LogP contribution in [0.1, 0.15) is 46.9 Å². The van der Waals surface area contributed by atoms with Crippen molar-refractivity contribution in [3.63, 3.8) is 0 Å². The summed E-state index contributed by atoms with van der Waals surface area (Å²) in [5, 5.41) is 2.43. The Kier molecular flexibility index (Phi) is 5.65. The van der Waals surface area contributed by atoms with E-state index in [-0.39, 0.29) is 18.7 Å². The minimum absolute atomic E-state index is 0.142. The molecule has 6 nitrogen and oxygen atoms in total. The number of nitrogens with zero attached hydrogens (tertiary/aromatic N) is 2. The van der Waals surface area contributed by atoms with Gasteiger partial charge in [0.2, 0.25) is 0 Å². The van der Waals surface area contributed by atoms with Crippen LogP contribution in [-0.4, -0.2) is 35.1 Å². The van der Waals surface area contributed by atoms with Gasteiger partial charge in [-0.2, -0.15) is 0 Å². The Balaban J connectivity index is 1.64. The maximum atomic E-state index is 12.4. The molecule has 1 aliphatic rings. The molecule has 1 aromatic carbocycles. The maximum Gasteiger partial charge on any atom is 0.410 e. The van der Waals surface area contributed by atoms with Crippen LogP contribution in [0.4, 0.5) is 4.79 Å². The van der Waals surface area contributed by atoms with Crippen molar-refractivity contribution in [3.8, 4) is 0 Å². The van der Waals surface area contributed by atoms with Gasteiger partial charge in [-0.05, 0) is 25.3 Å². The van der Waals surface area contributed by atoms with Crippen LogP contribution in [0.25, 0.3) is 0 Å². The summed E-state index contributed by atoms with van der Waals surface area (Å²) < 4.78 is 10.4. The van der Waals surface area contributed by atoms with Gasteiger partial charge in [-0.3, -0.25) is 4.90 Å². The van der Waals surface area contributed by atoms with Crippen LogP contribution >= 0.6 is 11.3 Å². The fourth-order valence-corrected chi connectivity index (χ4v) is 3.72. The lowest BCUT2D eigenvalue weighted by atomic mass is 10.2. The highest BCUT2D eigenvalue weighted by atomic mass is 32.1. The molecule has 0 bridgehead atoms. The molecule has 1 fully saturated rings. The topological polar surface area (TPSA) is 68.7 Å². The lowest BCUT2D eigenvalue weighted by molar-refractivity contribution is 0.0520. The number of thiazole rings is 1. The first-order chi connectivity index (χ1) is 12.2. The van der Waals surface area contributed by atoms with Crippen LogP contribution in [-0.2, 0) is 16.1 Å². The highest BCUT2D eigenvalue weighted by Gasteiger charge is 2.33. The number of carbonyl (C=O) groups excluding carboxylic acids is 2. The second kappa shape index (κ2) is 8.11. The van der Waals surface area contributed by atoms with Crippen LogP contribution in [0.5, 0.6) is 0 Å². The number of benzene rings is 1. The Morgan fingerprint density at radius 3 is 2.84 bits per heavy atom. The molecular weight excluding hydrogens is 340 g/mol. The maximum absolute atomic E-state index is 12.4. The van der Waals surface area contributed by atoms with Gasteiger partial charge in [-0.25, -0.2) is 14.6 Å². The molecule has 2 aromatic rings. The van der Waals surface area contributed by atoms with E-state index in [2.05, 4.69) is 4.98 Å². The van der Waals surface area contributed by atoms with E-state index in [9.17, 15) is 9.59 Å².